The van der Waals surface area contributed by atoms with Gasteiger partial charge < -0.3 is 9.84 Å². The summed E-state index contributed by atoms with van der Waals surface area (Å²) < 4.78 is 2.93. The molecule has 0 aromatic carbocycles. The van der Waals surface area contributed by atoms with Gasteiger partial charge in [-0.1, -0.05) is 47.0 Å². The summed E-state index contributed by atoms with van der Waals surface area (Å²) in [7, 11) is 0. The van der Waals surface area contributed by atoms with Crippen LogP contribution in [0.25, 0.3) is 0 Å². The minimum atomic E-state index is -2.01. The van der Waals surface area contributed by atoms with Gasteiger partial charge in [0, 0.05) is 5.92 Å². The summed E-state index contributed by atoms with van der Waals surface area (Å²) in [4.78, 5) is 11.7. The van der Waals surface area contributed by atoms with E-state index < -0.39 is 21.5 Å². The van der Waals surface area contributed by atoms with E-state index in [1.807, 2.05) is 12.2 Å². The molecule has 1 saturated heterocycles. The van der Waals surface area contributed by atoms with Crippen molar-refractivity contribution in [3.05, 3.63) is 12.2 Å². The molecule has 5 atom stereocenters. The molecule has 0 aromatic heterocycles. The molecule has 2 fully saturated rings. The van der Waals surface area contributed by atoms with E-state index in [1.54, 1.807) is 0 Å². The standard InChI is InChI=1S/C10H9Cl3O3/c11-10(12,13)9(15)7-5-2-1-4(3-5)6(7)8(14)16-9/h1-2,4-7,15H,3H2/t4-,5-,6+,7+,9-/m0/s1. The summed E-state index contributed by atoms with van der Waals surface area (Å²) >= 11 is 17.2. The molecule has 3 aliphatic rings. The number of carbonyl (C=O) groups excluding carboxylic acids is 1. The van der Waals surface area contributed by atoms with Crippen LogP contribution in [0.2, 0.25) is 0 Å². The average molecular weight is 284 g/mol. The SMILES string of the molecule is O=C1O[C@](O)(C(Cl)(Cl)Cl)[C@H]2[C@H]1[C@H]1C=C[C@H]2C1. The van der Waals surface area contributed by atoms with Crippen LogP contribution < -0.4 is 0 Å². The van der Waals surface area contributed by atoms with E-state index in [9.17, 15) is 9.90 Å². The van der Waals surface area contributed by atoms with Gasteiger partial charge in [-0.15, -0.1) is 0 Å². The summed E-state index contributed by atoms with van der Waals surface area (Å²) in [5.74, 6) is -3.09. The lowest BCUT2D eigenvalue weighted by Gasteiger charge is -2.35. The van der Waals surface area contributed by atoms with Gasteiger partial charge in [-0.3, -0.25) is 4.79 Å². The second kappa shape index (κ2) is 3.08. The fourth-order valence-electron chi connectivity index (χ4n) is 3.21. The lowest BCUT2D eigenvalue weighted by atomic mass is 9.80. The minimum absolute atomic E-state index is 0.0575. The molecule has 88 valence electrons. The van der Waals surface area contributed by atoms with E-state index in [0.29, 0.717) is 0 Å². The zero-order chi connectivity index (χ0) is 11.7. The van der Waals surface area contributed by atoms with Gasteiger partial charge in [-0.25, -0.2) is 0 Å². The molecule has 0 radical (unpaired) electrons. The molecule has 3 rings (SSSR count). The van der Waals surface area contributed by atoms with Crippen LogP contribution in [0, 0.1) is 23.7 Å². The van der Waals surface area contributed by atoms with Crippen molar-refractivity contribution >= 4 is 40.8 Å². The molecule has 2 aliphatic carbocycles. The van der Waals surface area contributed by atoms with Crippen LogP contribution >= 0.6 is 34.8 Å². The third kappa shape index (κ3) is 1.18. The predicted molar refractivity (Wildman–Crippen MR) is 59.0 cm³/mol. The average Bonchev–Trinajstić information content (AvgIpc) is 2.77. The Hall–Kier alpha value is 0.0400. The summed E-state index contributed by atoms with van der Waals surface area (Å²) in [5.41, 5.74) is 0. The molecule has 3 nitrogen and oxygen atoms in total. The van der Waals surface area contributed by atoms with Crippen molar-refractivity contribution in [1.82, 2.24) is 0 Å². The lowest BCUT2D eigenvalue weighted by molar-refractivity contribution is -0.202. The molecule has 1 aliphatic heterocycles. The monoisotopic (exact) mass is 282 g/mol. The van der Waals surface area contributed by atoms with Gasteiger partial charge in [0.25, 0.3) is 9.58 Å². The van der Waals surface area contributed by atoms with E-state index in [-0.39, 0.29) is 17.8 Å². The first kappa shape index (κ1) is 11.1. The molecule has 0 amide bonds. The molecule has 2 bridgehead atoms. The molecular formula is C10H9Cl3O3. The normalized spacial score (nSPS) is 49.6. The van der Waals surface area contributed by atoms with Gasteiger partial charge >= 0.3 is 5.97 Å². The third-order valence-electron chi connectivity index (χ3n) is 3.85. The number of hydrogen-bond acceptors (Lipinski definition) is 3. The zero-order valence-corrected chi connectivity index (χ0v) is 10.3. The van der Waals surface area contributed by atoms with Crippen LogP contribution in [0.3, 0.4) is 0 Å². The van der Waals surface area contributed by atoms with Crippen molar-refractivity contribution in [2.75, 3.05) is 0 Å². The number of cyclic esters (lactones) is 1. The van der Waals surface area contributed by atoms with Crippen LogP contribution in [0.1, 0.15) is 6.42 Å². The number of fused-ring (bicyclic) bond motifs is 5. The molecule has 1 saturated carbocycles. The largest absolute Gasteiger partial charge is 0.428 e. The second-order valence-electron chi connectivity index (χ2n) is 4.62. The van der Waals surface area contributed by atoms with Gasteiger partial charge in [0.15, 0.2) is 0 Å². The van der Waals surface area contributed by atoms with Crippen molar-refractivity contribution in [2.24, 2.45) is 23.7 Å². The number of rotatable bonds is 0. The summed E-state index contributed by atoms with van der Waals surface area (Å²) in [6.45, 7) is 0. The Labute approximate surface area is 107 Å². The molecule has 1 heterocycles. The Morgan fingerprint density at radius 3 is 2.62 bits per heavy atom. The van der Waals surface area contributed by atoms with Gasteiger partial charge in [0.2, 0.25) is 0 Å². The van der Waals surface area contributed by atoms with Crippen LogP contribution in [0.4, 0.5) is 0 Å². The van der Waals surface area contributed by atoms with E-state index in [1.165, 1.54) is 0 Å². The van der Waals surface area contributed by atoms with Gasteiger partial charge in [0.1, 0.15) is 0 Å². The van der Waals surface area contributed by atoms with Gasteiger partial charge in [0.05, 0.1) is 5.92 Å². The third-order valence-corrected chi connectivity index (χ3v) is 4.66. The molecule has 0 unspecified atom stereocenters. The molecule has 1 N–H and O–H groups in total. The number of halogens is 3. The summed E-state index contributed by atoms with van der Waals surface area (Å²) in [6, 6.07) is 0. The zero-order valence-electron chi connectivity index (χ0n) is 8.07. The number of aliphatic hydroxyl groups is 1. The first-order valence-electron chi connectivity index (χ1n) is 5.05. The Bertz CT molecular complexity index is 389. The van der Waals surface area contributed by atoms with Crippen LogP contribution in [0.5, 0.6) is 0 Å². The second-order valence-corrected chi connectivity index (χ2v) is 6.90. The predicted octanol–water partition coefficient (Wildman–Crippen LogP) is 2.04. The summed E-state index contributed by atoms with van der Waals surface area (Å²) in [5, 5.41) is 10.3. The lowest BCUT2D eigenvalue weighted by Crippen LogP contribution is -2.50. The molecule has 6 heteroatoms. The molecule has 0 aromatic rings. The quantitative estimate of drug-likeness (QED) is 0.420. The number of esters is 1. The van der Waals surface area contributed by atoms with Crippen molar-refractivity contribution in [2.45, 2.75) is 16.0 Å². The highest BCUT2D eigenvalue weighted by molar-refractivity contribution is 6.68. The number of carbonyl (C=O) groups is 1. The molecule has 0 spiro atoms. The highest BCUT2D eigenvalue weighted by Crippen LogP contribution is 2.61. The Morgan fingerprint density at radius 1 is 1.38 bits per heavy atom. The smallest absolute Gasteiger partial charge is 0.312 e. The fourth-order valence-corrected chi connectivity index (χ4v) is 3.71. The first-order valence-corrected chi connectivity index (χ1v) is 6.18. The van der Waals surface area contributed by atoms with Crippen LogP contribution in [-0.4, -0.2) is 20.7 Å². The van der Waals surface area contributed by atoms with E-state index in [4.69, 9.17) is 39.5 Å². The van der Waals surface area contributed by atoms with Crippen molar-refractivity contribution in [3.63, 3.8) is 0 Å². The number of alkyl halides is 3. The van der Waals surface area contributed by atoms with Crippen molar-refractivity contribution in [1.29, 1.82) is 0 Å². The first-order chi connectivity index (χ1) is 7.34. The molecule has 16 heavy (non-hydrogen) atoms. The molecular weight excluding hydrogens is 274 g/mol. The van der Waals surface area contributed by atoms with Crippen LogP contribution in [-0.2, 0) is 9.53 Å². The maximum Gasteiger partial charge on any atom is 0.312 e. The number of allylic oxidation sites excluding steroid dienone is 2. The van der Waals surface area contributed by atoms with Crippen molar-refractivity contribution in [3.8, 4) is 0 Å². The van der Waals surface area contributed by atoms with E-state index in [0.717, 1.165) is 6.42 Å². The van der Waals surface area contributed by atoms with Gasteiger partial charge in [-0.05, 0) is 18.3 Å². The highest BCUT2D eigenvalue weighted by atomic mass is 35.6. The fraction of sp³-hybridized carbons (Fsp3) is 0.700. The Balaban J connectivity index is 2.06. The summed E-state index contributed by atoms with van der Waals surface area (Å²) in [6.07, 6.45) is 4.78. The van der Waals surface area contributed by atoms with Crippen molar-refractivity contribution < 1.29 is 14.6 Å². The maximum absolute atomic E-state index is 11.7. The Morgan fingerprint density at radius 2 is 2.00 bits per heavy atom. The topological polar surface area (TPSA) is 46.5 Å². The Kier molecular flexibility index (Phi) is 2.14. The van der Waals surface area contributed by atoms with E-state index >= 15 is 0 Å². The number of ether oxygens (including phenoxy) is 1. The highest BCUT2D eigenvalue weighted by Gasteiger charge is 2.71. The van der Waals surface area contributed by atoms with E-state index in [2.05, 4.69) is 0 Å². The maximum atomic E-state index is 11.7. The number of hydrogen-bond donors (Lipinski definition) is 1. The van der Waals surface area contributed by atoms with Crippen LogP contribution in [0.15, 0.2) is 12.2 Å². The minimum Gasteiger partial charge on any atom is -0.428 e. The van der Waals surface area contributed by atoms with Gasteiger partial charge in [-0.2, -0.15) is 0 Å².